The van der Waals surface area contributed by atoms with Crippen LogP contribution in [-0.4, -0.2) is 43.0 Å². The van der Waals surface area contributed by atoms with E-state index in [-0.39, 0.29) is 5.91 Å². The van der Waals surface area contributed by atoms with E-state index in [2.05, 4.69) is 34.3 Å². The van der Waals surface area contributed by atoms with Crippen LogP contribution in [0.2, 0.25) is 0 Å². The Morgan fingerprint density at radius 3 is 2.55 bits per heavy atom. The third kappa shape index (κ3) is 2.66. The molecular weight excluding hydrogens is 250 g/mol. The molecule has 0 radical (unpaired) electrons. The number of fused-ring (bicyclic) bond motifs is 2. The normalized spacial score (nSPS) is 26.4. The minimum Gasteiger partial charge on any atom is -0.370 e. The van der Waals surface area contributed by atoms with Crippen LogP contribution in [0, 0.1) is 0 Å². The fraction of sp³-hybridized carbons (Fsp3) is 0.562. The minimum atomic E-state index is -0.0218. The predicted octanol–water partition coefficient (Wildman–Crippen LogP) is 2.32. The summed E-state index contributed by atoms with van der Waals surface area (Å²) in [6.07, 6.45) is 3.93. The van der Waals surface area contributed by atoms with Gasteiger partial charge in [-0.2, -0.15) is 0 Å². The van der Waals surface area contributed by atoms with Gasteiger partial charge in [-0.05, 0) is 50.6 Å². The number of nitrogens with one attached hydrogen (secondary N) is 1. The summed E-state index contributed by atoms with van der Waals surface area (Å²) in [6.45, 7) is 3.78. The minimum absolute atomic E-state index is 0.0218. The Kier molecular flexibility index (Phi) is 3.66. The third-order valence-corrected chi connectivity index (χ3v) is 4.70. The highest BCUT2D eigenvalue weighted by molar-refractivity contribution is 5.88. The van der Waals surface area contributed by atoms with E-state index >= 15 is 0 Å². The molecule has 2 bridgehead atoms. The second kappa shape index (κ2) is 5.44. The number of carbonyl (C=O) groups is 1. The van der Waals surface area contributed by atoms with E-state index < -0.39 is 0 Å². The average molecular weight is 273 g/mol. The molecule has 4 nitrogen and oxygen atoms in total. The van der Waals surface area contributed by atoms with Gasteiger partial charge >= 0.3 is 0 Å². The topological polar surface area (TPSA) is 35.6 Å². The maximum absolute atomic E-state index is 11.0. The van der Waals surface area contributed by atoms with Gasteiger partial charge in [0, 0.05) is 43.5 Å². The van der Waals surface area contributed by atoms with Gasteiger partial charge in [-0.1, -0.05) is 0 Å². The largest absolute Gasteiger partial charge is 0.370 e. The van der Waals surface area contributed by atoms with Crippen LogP contribution < -0.4 is 10.2 Å². The molecule has 0 aliphatic carbocycles. The summed E-state index contributed by atoms with van der Waals surface area (Å²) in [7, 11) is 2.27. The van der Waals surface area contributed by atoms with Crippen LogP contribution >= 0.6 is 0 Å². The Morgan fingerprint density at radius 1 is 1.15 bits per heavy atom. The first-order chi connectivity index (χ1) is 9.63. The number of rotatable bonds is 2. The molecule has 0 aromatic heterocycles. The molecule has 2 unspecified atom stereocenters. The Hall–Kier alpha value is -1.55. The lowest BCUT2D eigenvalue weighted by atomic mass is 10.1. The summed E-state index contributed by atoms with van der Waals surface area (Å²) >= 11 is 0. The molecule has 2 saturated heterocycles. The molecule has 2 atom stereocenters. The zero-order valence-electron chi connectivity index (χ0n) is 12.3. The molecule has 1 amide bonds. The van der Waals surface area contributed by atoms with Gasteiger partial charge in [-0.3, -0.25) is 9.69 Å². The van der Waals surface area contributed by atoms with Crippen LogP contribution in [0.4, 0.5) is 11.4 Å². The summed E-state index contributed by atoms with van der Waals surface area (Å²) < 4.78 is 0. The van der Waals surface area contributed by atoms with E-state index in [4.69, 9.17) is 0 Å². The second-order valence-electron chi connectivity index (χ2n) is 6.01. The smallest absolute Gasteiger partial charge is 0.221 e. The molecule has 108 valence electrons. The Morgan fingerprint density at radius 2 is 1.85 bits per heavy atom. The van der Waals surface area contributed by atoms with Gasteiger partial charge in [-0.25, -0.2) is 0 Å². The molecule has 20 heavy (non-hydrogen) atoms. The lowest BCUT2D eigenvalue weighted by Gasteiger charge is -2.27. The molecule has 0 saturated carbocycles. The highest BCUT2D eigenvalue weighted by atomic mass is 16.1. The molecule has 1 aromatic carbocycles. The van der Waals surface area contributed by atoms with Crippen LogP contribution in [0.5, 0.6) is 0 Å². The van der Waals surface area contributed by atoms with Crippen LogP contribution in [-0.2, 0) is 4.79 Å². The third-order valence-electron chi connectivity index (χ3n) is 4.70. The van der Waals surface area contributed by atoms with Gasteiger partial charge in [0.15, 0.2) is 0 Å². The standard InChI is InChI=1S/C16H23N3O/c1-12(20)17-13-3-5-15(6-4-13)19-10-9-14-7-8-16(11-19)18(14)2/h3-6,14,16H,7-11H2,1-2H3,(H,17,20). The zero-order chi connectivity index (χ0) is 14.1. The maximum Gasteiger partial charge on any atom is 0.221 e. The SMILES string of the molecule is CC(=O)Nc1ccc(N2CCC3CCC(C2)N3C)cc1. The van der Waals surface area contributed by atoms with Gasteiger partial charge in [0.1, 0.15) is 0 Å². The van der Waals surface area contributed by atoms with Gasteiger partial charge in [0.05, 0.1) is 0 Å². The lowest BCUT2D eigenvalue weighted by Crippen LogP contribution is -2.36. The Balaban J connectivity index is 1.71. The molecular formula is C16H23N3O. The van der Waals surface area contributed by atoms with Crippen molar-refractivity contribution in [2.45, 2.75) is 38.3 Å². The summed E-state index contributed by atoms with van der Waals surface area (Å²) in [6, 6.07) is 9.67. The van der Waals surface area contributed by atoms with Crippen molar-refractivity contribution in [1.82, 2.24) is 4.90 Å². The fourth-order valence-electron chi connectivity index (χ4n) is 3.50. The highest BCUT2D eigenvalue weighted by Crippen LogP contribution is 2.31. The Labute approximate surface area is 120 Å². The second-order valence-corrected chi connectivity index (χ2v) is 6.01. The van der Waals surface area contributed by atoms with E-state index in [1.165, 1.54) is 31.9 Å². The number of benzene rings is 1. The van der Waals surface area contributed by atoms with E-state index in [9.17, 15) is 4.79 Å². The lowest BCUT2D eigenvalue weighted by molar-refractivity contribution is -0.114. The number of anilines is 2. The average Bonchev–Trinajstić information content (AvgIpc) is 2.64. The number of likely N-dealkylation sites (N-methyl/N-ethyl adjacent to an activating group) is 1. The highest BCUT2D eigenvalue weighted by Gasteiger charge is 2.34. The number of hydrogen-bond donors (Lipinski definition) is 1. The molecule has 1 N–H and O–H groups in total. The molecule has 4 heteroatoms. The first-order valence-electron chi connectivity index (χ1n) is 7.48. The first-order valence-corrected chi connectivity index (χ1v) is 7.48. The van der Waals surface area contributed by atoms with Gasteiger partial charge in [0.2, 0.25) is 5.91 Å². The van der Waals surface area contributed by atoms with Crippen molar-refractivity contribution in [2.75, 3.05) is 30.4 Å². The molecule has 2 aliphatic heterocycles. The molecule has 3 rings (SSSR count). The van der Waals surface area contributed by atoms with Crippen LogP contribution in [0.15, 0.2) is 24.3 Å². The monoisotopic (exact) mass is 273 g/mol. The van der Waals surface area contributed by atoms with Gasteiger partial charge in [0.25, 0.3) is 0 Å². The zero-order valence-corrected chi connectivity index (χ0v) is 12.3. The summed E-state index contributed by atoms with van der Waals surface area (Å²) in [5.74, 6) is -0.0218. The van der Waals surface area contributed by atoms with Crippen molar-refractivity contribution < 1.29 is 4.79 Å². The number of carbonyl (C=O) groups excluding carboxylic acids is 1. The number of hydrogen-bond acceptors (Lipinski definition) is 3. The molecule has 2 heterocycles. The first kappa shape index (κ1) is 13.4. The van der Waals surface area contributed by atoms with Crippen LogP contribution in [0.1, 0.15) is 26.2 Å². The van der Waals surface area contributed by atoms with Crippen molar-refractivity contribution in [3.63, 3.8) is 0 Å². The molecule has 0 spiro atoms. The van der Waals surface area contributed by atoms with Crippen molar-refractivity contribution in [2.24, 2.45) is 0 Å². The van der Waals surface area contributed by atoms with Crippen molar-refractivity contribution in [1.29, 1.82) is 0 Å². The number of nitrogens with zero attached hydrogens (tertiary/aromatic N) is 2. The Bertz CT molecular complexity index is 485. The quantitative estimate of drug-likeness (QED) is 0.898. The summed E-state index contributed by atoms with van der Waals surface area (Å²) in [5.41, 5.74) is 2.13. The predicted molar refractivity (Wildman–Crippen MR) is 82.1 cm³/mol. The van der Waals surface area contributed by atoms with E-state index in [0.717, 1.165) is 24.8 Å². The van der Waals surface area contributed by atoms with Crippen molar-refractivity contribution in [3.05, 3.63) is 24.3 Å². The molecule has 1 aromatic rings. The summed E-state index contributed by atoms with van der Waals surface area (Å²) in [5, 5.41) is 2.82. The van der Waals surface area contributed by atoms with E-state index in [0.29, 0.717) is 6.04 Å². The fourth-order valence-corrected chi connectivity index (χ4v) is 3.50. The van der Waals surface area contributed by atoms with Crippen LogP contribution in [0.25, 0.3) is 0 Å². The van der Waals surface area contributed by atoms with Crippen molar-refractivity contribution in [3.8, 4) is 0 Å². The van der Waals surface area contributed by atoms with Gasteiger partial charge < -0.3 is 10.2 Å². The molecule has 2 fully saturated rings. The van der Waals surface area contributed by atoms with Gasteiger partial charge in [-0.15, -0.1) is 0 Å². The van der Waals surface area contributed by atoms with Crippen LogP contribution in [0.3, 0.4) is 0 Å². The van der Waals surface area contributed by atoms with Crippen molar-refractivity contribution >= 4 is 17.3 Å². The maximum atomic E-state index is 11.0. The summed E-state index contributed by atoms with van der Waals surface area (Å²) in [4.78, 5) is 16.1. The van der Waals surface area contributed by atoms with E-state index in [1.54, 1.807) is 0 Å². The number of amides is 1. The van der Waals surface area contributed by atoms with E-state index in [1.807, 2.05) is 12.1 Å². The molecule has 2 aliphatic rings.